The number of fused-ring (bicyclic) bond motifs is 3. The topological polar surface area (TPSA) is 64.0 Å². The Kier molecular flexibility index (Phi) is 4.96. The predicted octanol–water partition coefficient (Wildman–Crippen LogP) is 3.84. The first-order valence-electron chi connectivity index (χ1n) is 9.28. The minimum Gasteiger partial charge on any atom is -0.354 e. The molecule has 2 heterocycles. The van der Waals surface area contributed by atoms with Gasteiger partial charge in [0, 0.05) is 16.6 Å². The number of aromatic nitrogens is 2. The molecule has 0 bridgehead atoms. The van der Waals surface area contributed by atoms with Crippen molar-refractivity contribution in [2.45, 2.75) is 26.3 Å². The number of amides is 1. The third-order valence-electron chi connectivity index (χ3n) is 4.91. The maximum absolute atomic E-state index is 13.1. The summed E-state index contributed by atoms with van der Waals surface area (Å²) < 4.78 is 3.26. The summed E-state index contributed by atoms with van der Waals surface area (Å²) in [5, 5.41) is 8.93. The maximum Gasteiger partial charge on any atom is 0.276 e. The summed E-state index contributed by atoms with van der Waals surface area (Å²) in [7, 11) is 0. The van der Waals surface area contributed by atoms with E-state index in [-0.39, 0.29) is 11.5 Å². The van der Waals surface area contributed by atoms with E-state index >= 15 is 0 Å². The third-order valence-corrected chi connectivity index (χ3v) is 6.19. The molecule has 6 heteroatoms. The highest BCUT2D eigenvalue weighted by molar-refractivity contribution is 7.26. The fourth-order valence-electron chi connectivity index (χ4n) is 3.38. The van der Waals surface area contributed by atoms with Crippen LogP contribution in [0.25, 0.3) is 20.2 Å². The SMILES string of the molecule is Cc1nn([C@H](C)C(=O)NCCc2ccccc2)c(=O)c2c1sc1ccccc12. The Balaban J connectivity index is 1.61. The van der Waals surface area contributed by atoms with Gasteiger partial charge in [-0.1, -0.05) is 48.5 Å². The minimum absolute atomic E-state index is 0.205. The first-order valence-corrected chi connectivity index (χ1v) is 10.1. The zero-order valence-corrected chi connectivity index (χ0v) is 16.6. The summed E-state index contributed by atoms with van der Waals surface area (Å²) in [5.74, 6) is -0.205. The summed E-state index contributed by atoms with van der Waals surface area (Å²) in [5.41, 5.74) is 1.70. The van der Waals surface area contributed by atoms with E-state index in [0.717, 1.165) is 32.5 Å². The molecule has 0 unspecified atom stereocenters. The van der Waals surface area contributed by atoms with Gasteiger partial charge in [0.25, 0.3) is 5.56 Å². The van der Waals surface area contributed by atoms with Crippen molar-refractivity contribution in [3.63, 3.8) is 0 Å². The Labute approximate surface area is 166 Å². The fraction of sp³-hybridized carbons (Fsp3) is 0.227. The molecule has 0 aliphatic carbocycles. The molecule has 142 valence electrons. The van der Waals surface area contributed by atoms with Crippen LogP contribution in [0.4, 0.5) is 0 Å². The van der Waals surface area contributed by atoms with Crippen molar-refractivity contribution in [2.75, 3.05) is 6.54 Å². The molecule has 1 N–H and O–H groups in total. The summed E-state index contributed by atoms with van der Waals surface area (Å²) in [6.07, 6.45) is 0.745. The van der Waals surface area contributed by atoms with Crippen molar-refractivity contribution < 1.29 is 4.79 Å². The average Bonchev–Trinajstić information content (AvgIpc) is 3.11. The number of benzene rings is 2. The van der Waals surface area contributed by atoms with Crippen LogP contribution < -0.4 is 10.9 Å². The zero-order valence-electron chi connectivity index (χ0n) is 15.8. The molecule has 2 aromatic carbocycles. The van der Waals surface area contributed by atoms with Crippen LogP contribution in [0.15, 0.2) is 59.4 Å². The molecule has 28 heavy (non-hydrogen) atoms. The lowest BCUT2D eigenvalue weighted by molar-refractivity contribution is -0.124. The summed E-state index contributed by atoms with van der Waals surface area (Å²) in [4.78, 5) is 25.8. The van der Waals surface area contributed by atoms with Gasteiger partial charge in [-0.25, -0.2) is 4.68 Å². The number of hydrogen-bond donors (Lipinski definition) is 1. The Hall–Kier alpha value is -2.99. The van der Waals surface area contributed by atoms with Crippen molar-refractivity contribution in [1.29, 1.82) is 0 Å². The van der Waals surface area contributed by atoms with Gasteiger partial charge in [-0.15, -0.1) is 11.3 Å². The molecule has 0 fully saturated rings. The van der Waals surface area contributed by atoms with Crippen LogP contribution in [-0.2, 0) is 11.2 Å². The maximum atomic E-state index is 13.1. The summed E-state index contributed by atoms with van der Waals surface area (Å²) in [6.45, 7) is 4.12. The normalized spacial score (nSPS) is 12.4. The molecule has 0 radical (unpaired) electrons. The minimum atomic E-state index is -0.676. The van der Waals surface area contributed by atoms with Gasteiger partial charge in [0.15, 0.2) is 0 Å². The standard InChI is InChI=1S/C22H21N3O2S/c1-14-20-19(17-10-6-7-11-18(17)28-20)22(27)25(24-14)15(2)21(26)23-13-12-16-8-4-3-5-9-16/h3-11,15H,12-13H2,1-2H3,(H,23,26)/t15-/m1/s1. The van der Waals surface area contributed by atoms with Gasteiger partial charge in [-0.2, -0.15) is 5.10 Å². The molecular weight excluding hydrogens is 370 g/mol. The number of hydrogen-bond acceptors (Lipinski definition) is 4. The lowest BCUT2D eigenvalue weighted by atomic mass is 10.1. The molecule has 0 spiro atoms. The van der Waals surface area contributed by atoms with Crippen molar-refractivity contribution >= 4 is 37.4 Å². The Morgan fingerprint density at radius 2 is 1.86 bits per heavy atom. The molecule has 0 saturated heterocycles. The van der Waals surface area contributed by atoms with Crippen molar-refractivity contribution in [1.82, 2.24) is 15.1 Å². The van der Waals surface area contributed by atoms with Crippen molar-refractivity contribution in [3.05, 3.63) is 76.2 Å². The summed E-state index contributed by atoms with van der Waals surface area (Å²) >= 11 is 1.57. The van der Waals surface area contributed by atoms with E-state index in [0.29, 0.717) is 11.9 Å². The van der Waals surface area contributed by atoms with E-state index in [1.807, 2.05) is 61.5 Å². The first kappa shape index (κ1) is 18.4. The van der Waals surface area contributed by atoms with Gasteiger partial charge in [0.2, 0.25) is 5.91 Å². The molecule has 0 aliphatic heterocycles. The van der Waals surface area contributed by atoms with Gasteiger partial charge in [-0.05, 0) is 31.9 Å². The quantitative estimate of drug-likeness (QED) is 0.562. The van der Waals surface area contributed by atoms with Gasteiger partial charge < -0.3 is 5.32 Å². The molecular formula is C22H21N3O2S. The van der Waals surface area contributed by atoms with Crippen LogP contribution in [0.3, 0.4) is 0 Å². The molecule has 2 aromatic heterocycles. The second kappa shape index (κ2) is 7.56. The molecule has 0 saturated carbocycles. The van der Waals surface area contributed by atoms with Crippen LogP contribution in [-0.4, -0.2) is 22.2 Å². The second-order valence-electron chi connectivity index (χ2n) is 6.84. The van der Waals surface area contributed by atoms with E-state index < -0.39 is 6.04 Å². The van der Waals surface area contributed by atoms with Crippen molar-refractivity contribution in [2.24, 2.45) is 0 Å². The highest BCUT2D eigenvalue weighted by Crippen LogP contribution is 2.32. The first-order chi connectivity index (χ1) is 13.6. The van der Waals surface area contributed by atoms with E-state index in [1.165, 1.54) is 4.68 Å². The van der Waals surface area contributed by atoms with Crippen LogP contribution in [0.2, 0.25) is 0 Å². The lowest BCUT2D eigenvalue weighted by Gasteiger charge is -2.15. The Bertz CT molecular complexity index is 1210. The smallest absolute Gasteiger partial charge is 0.276 e. The molecule has 4 aromatic rings. The van der Waals surface area contributed by atoms with E-state index in [4.69, 9.17) is 0 Å². The summed E-state index contributed by atoms with van der Waals surface area (Å²) in [6, 6.07) is 17.1. The van der Waals surface area contributed by atoms with Gasteiger partial charge in [-0.3, -0.25) is 9.59 Å². The molecule has 5 nitrogen and oxygen atoms in total. The monoisotopic (exact) mass is 391 g/mol. The van der Waals surface area contributed by atoms with E-state index in [1.54, 1.807) is 18.3 Å². The number of carbonyl (C=O) groups excluding carboxylic acids is 1. The number of aryl methyl sites for hydroxylation is 1. The molecule has 1 atom stereocenters. The molecule has 4 rings (SSSR count). The van der Waals surface area contributed by atoms with Gasteiger partial charge in [0.1, 0.15) is 6.04 Å². The number of carbonyl (C=O) groups is 1. The van der Waals surface area contributed by atoms with Crippen molar-refractivity contribution in [3.8, 4) is 0 Å². The Morgan fingerprint density at radius 3 is 2.64 bits per heavy atom. The zero-order chi connectivity index (χ0) is 19.7. The van der Waals surface area contributed by atoms with E-state index in [2.05, 4.69) is 10.4 Å². The second-order valence-corrected chi connectivity index (χ2v) is 7.89. The predicted molar refractivity (Wildman–Crippen MR) is 114 cm³/mol. The highest BCUT2D eigenvalue weighted by atomic mass is 32.1. The molecule has 1 amide bonds. The lowest BCUT2D eigenvalue weighted by Crippen LogP contribution is -2.38. The number of thiophene rings is 1. The fourth-order valence-corrected chi connectivity index (χ4v) is 4.51. The van der Waals surface area contributed by atoms with Gasteiger partial charge in [0.05, 0.1) is 15.8 Å². The largest absolute Gasteiger partial charge is 0.354 e. The third kappa shape index (κ3) is 3.31. The number of rotatable bonds is 5. The van der Waals surface area contributed by atoms with Crippen LogP contribution in [0, 0.1) is 6.92 Å². The Morgan fingerprint density at radius 1 is 1.14 bits per heavy atom. The number of nitrogens with one attached hydrogen (secondary N) is 1. The molecule has 0 aliphatic rings. The number of nitrogens with zero attached hydrogens (tertiary/aromatic N) is 2. The van der Waals surface area contributed by atoms with Gasteiger partial charge >= 0.3 is 0 Å². The highest BCUT2D eigenvalue weighted by Gasteiger charge is 2.21. The van der Waals surface area contributed by atoms with Crippen LogP contribution >= 0.6 is 11.3 Å². The average molecular weight is 391 g/mol. The van der Waals surface area contributed by atoms with Crippen LogP contribution in [0.5, 0.6) is 0 Å². The van der Waals surface area contributed by atoms with E-state index in [9.17, 15) is 9.59 Å². The van der Waals surface area contributed by atoms with Crippen LogP contribution in [0.1, 0.15) is 24.2 Å².